The van der Waals surface area contributed by atoms with Crippen molar-refractivity contribution in [1.29, 1.82) is 0 Å². The van der Waals surface area contributed by atoms with Gasteiger partial charge in [0.15, 0.2) is 0 Å². The molecule has 22 heavy (non-hydrogen) atoms. The predicted molar refractivity (Wildman–Crippen MR) is 98.5 cm³/mol. The van der Waals surface area contributed by atoms with Gasteiger partial charge in [0.25, 0.3) is 0 Å². The van der Waals surface area contributed by atoms with Crippen molar-refractivity contribution in [3.05, 3.63) is 0 Å². The fourth-order valence-corrected chi connectivity index (χ4v) is 2.77. The molecular weight excluding hydrogens is 272 g/mol. The maximum absolute atomic E-state index is 10.5. The lowest BCUT2D eigenvalue weighted by atomic mass is 10.2. The van der Waals surface area contributed by atoms with Crippen molar-refractivity contribution < 1.29 is 5.11 Å². The Morgan fingerprint density at radius 1 is 0.591 bits per heavy atom. The molecule has 0 aromatic carbocycles. The van der Waals surface area contributed by atoms with Crippen LogP contribution in [0.2, 0.25) is 0 Å². The molecule has 1 N–H and O–H groups in total. The topological polar surface area (TPSA) is 26.7 Å². The summed E-state index contributed by atoms with van der Waals surface area (Å²) in [7, 11) is 0. The molecule has 0 unspecified atom stereocenters. The van der Waals surface area contributed by atoms with Gasteiger partial charge < -0.3 is 14.9 Å². The third-order valence-electron chi connectivity index (χ3n) is 4.25. The summed E-state index contributed by atoms with van der Waals surface area (Å²) in [6.07, 6.45) is 9.70. The van der Waals surface area contributed by atoms with Gasteiger partial charge in [-0.2, -0.15) is 0 Å². The zero-order valence-corrected chi connectivity index (χ0v) is 15.8. The minimum absolute atomic E-state index is 0.206. The first-order chi connectivity index (χ1) is 10.7. The molecule has 3 nitrogen and oxygen atoms in total. The summed E-state index contributed by atoms with van der Waals surface area (Å²) >= 11 is 0. The smallest absolute Gasteiger partial charge is 0.0793 e. The van der Waals surface area contributed by atoms with Gasteiger partial charge in [0, 0.05) is 13.1 Å². The number of nitrogens with zero attached hydrogens (tertiary/aromatic N) is 2. The molecule has 0 saturated heterocycles. The molecular formula is C19H42N2O. The zero-order chi connectivity index (χ0) is 16.6. The van der Waals surface area contributed by atoms with Gasteiger partial charge in [0.2, 0.25) is 0 Å². The van der Waals surface area contributed by atoms with Crippen LogP contribution in [-0.4, -0.2) is 60.3 Å². The minimum atomic E-state index is -0.206. The molecule has 0 saturated carbocycles. The fraction of sp³-hybridized carbons (Fsp3) is 1.00. The van der Waals surface area contributed by atoms with E-state index in [1.807, 2.05) is 0 Å². The van der Waals surface area contributed by atoms with Crippen LogP contribution in [0.5, 0.6) is 0 Å². The summed E-state index contributed by atoms with van der Waals surface area (Å²) in [6.45, 7) is 15.2. The molecule has 0 aliphatic rings. The number of rotatable bonds is 16. The summed E-state index contributed by atoms with van der Waals surface area (Å²) in [5, 5.41) is 10.5. The molecule has 0 aliphatic heterocycles. The third kappa shape index (κ3) is 12.4. The second-order valence-corrected chi connectivity index (χ2v) is 6.67. The van der Waals surface area contributed by atoms with Crippen LogP contribution in [0.3, 0.4) is 0 Å². The summed E-state index contributed by atoms with van der Waals surface area (Å²) < 4.78 is 0. The Morgan fingerprint density at radius 2 is 0.864 bits per heavy atom. The van der Waals surface area contributed by atoms with Crippen LogP contribution in [0.25, 0.3) is 0 Å². The highest BCUT2D eigenvalue weighted by Crippen LogP contribution is 2.05. The Balaban J connectivity index is 4.24. The van der Waals surface area contributed by atoms with E-state index in [1.54, 1.807) is 0 Å². The number of aliphatic hydroxyl groups is 1. The molecule has 134 valence electrons. The molecule has 0 radical (unpaired) electrons. The van der Waals surface area contributed by atoms with E-state index in [0.717, 1.165) is 39.3 Å². The van der Waals surface area contributed by atoms with E-state index in [-0.39, 0.29) is 6.10 Å². The van der Waals surface area contributed by atoms with E-state index in [2.05, 4.69) is 37.5 Å². The van der Waals surface area contributed by atoms with Crippen LogP contribution in [0.1, 0.15) is 79.1 Å². The number of hydrogen-bond donors (Lipinski definition) is 1. The first-order valence-electron chi connectivity index (χ1n) is 9.80. The van der Waals surface area contributed by atoms with Crippen LogP contribution in [0.15, 0.2) is 0 Å². The van der Waals surface area contributed by atoms with E-state index in [0.29, 0.717) is 0 Å². The summed E-state index contributed by atoms with van der Waals surface area (Å²) in [4.78, 5) is 4.94. The maximum Gasteiger partial charge on any atom is 0.0793 e. The van der Waals surface area contributed by atoms with Gasteiger partial charge in [-0.15, -0.1) is 0 Å². The highest BCUT2D eigenvalue weighted by Gasteiger charge is 2.15. The van der Waals surface area contributed by atoms with Crippen LogP contribution >= 0.6 is 0 Å². The van der Waals surface area contributed by atoms with Gasteiger partial charge in [-0.1, -0.05) is 53.4 Å². The quantitative estimate of drug-likeness (QED) is 0.463. The van der Waals surface area contributed by atoms with E-state index in [4.69, 9.17) is 0 Å². The Kier molecular flexibility index (Phi) is 15.7. The van der Waals surface area contributed by atoms with Crippen molar-refractivity contribution in [3.8, 4) is 0 Å². The third-order valence-corrected chi connectivity index (χ3v) is 4.25. The first-order valence-corrected chi connectivity index (χ1v) is 9.80. The van der Waals surface area contributed by atoms with Crippen molar-refractivity contribution in [2.75, 3.05) is 39.3 Å². The SMILES string of the molecule is CCCCN(CCCC)CC(O)CN(CCCC)CCCC. The minimum Gasteiger partial charge on any atom is -0.390 e. The summed E-state index contributed by atoms with van der Waals surface area (Å²) in [5.74, 6) is 0. The maximum atomic E-state index is 10.5. The Hall–Kier alpha value is -0.120. The van der Waals surface area contributed by atoms with Crippen LogP contribution in [-0.2, 0) is 0 Å². The van der Waals surface area contributed by atoms with Gasteiger partial charge in [0.1, 0.15) is 0 Å². The van der Waals surface area contributed by atoms with Crippen molar-refractivity contribution in [2.24, 2.45) is 0 Å². The van der Waals surface area contributed by atoms with Gasteiger partial charge >= 0.3 is 0 Å². The first kappa shape index (κ1) is 21.9. The zero-order valence-electron chi connectivity index (χ0n) is 15.8. The van der Waals surface area contributed by atoms with Crippen LogP contribution < -0.4 is 0 Å². The van der Waals surface area contributed by atoms with Crippen LogP contribution in [0.4, 0.5) is 0 Å². The molecule has 0 heterocycles. The Morgan fingerprint density at radius 3 is 1.09 bits per heavy atom. The summed E-state index contributed by atoms with van der Waals surface area (Å²) in [6, 6.07) is 0. The Labute approximate surface area is 140 Å². The molecule has 0 fully saturated rings. The van der Waals surface area contributed by atoms with Gasteiger partial charge in [-0.3, -0.25) is 0 Å². The molecule has 0 bridgehead atoms. The number of unbranched alkanes of at least 4 members (excludes halogenated alkanes) is 4. The van der Waals surface area contributed by atoms with Crippen molar-refractivity contribution >= 4 is 0 Å². The van der Waals surface area contributed by atoms with Crippen molar-refractivity contribution in [1.82, 2.24) is 9.80 Å². The molecule has 0 amide bonds. The standard InChI is InChI=1S/C19H42N2O/c1-5-9-13-20(14-10-6-2)17-19(22)18-21(15-11-7-3)16-12-8-4/h19,22H,5-18H2,1-4H3. The van der Waals surface area contributed by atoms with E-state index in [1.165, 1.54) is 51.4 Å². The second-order valence-electron chi connectivity index (χ2n) is 6.67. The average Bonchev–Trinajstić information content (AvgIpc) is 2.52. The largest absolute Gasteiger partial charge is 0.390 e. The van der Waals surface area contributed by atoms with Crippen LogP contribution in [0, 0.1) is 0 Å². The number of hydrogen-bond acceptors (Lipinski definition) is 3. The lowest BCUT2D eigenvalue weighted by Gasteiger charge is -2.29. The molecule has 0 aromatic rings. The van der Waals surface area contributed by atoms with E-state index < -0.39 is 0 Å². The van der Waals surface area contributed by atoms with Gasteiger partial charge in [-0.05, 0) is 51.9 Å². The highest BCUT2D eigenvalue weighted by molar-refractivity contribution is 4.70. The molecule has 3 heteroatoms. The fourth-order valence-electron chi connectivity index (χ4n) is 2.77. The average molecular weight is 315 g/mol. The Bertz CT molecular complexity index is 185. The van der Waals surface area contributed by atoms with Gasteiger partial charge in [0.05, 0.1) is 6.10 Å². The normalized spacial score (nSPS) is 12.0. The number of aliphatic hydroxyl groups excluding tert-OH is 1. The predicted octanol–water partition coefficient (Wildman–Crippen LogP) is 4.15. The molecule has 0 aliphatic carbocycles. The lowest BCUT2D eigenvalue weighted by Crippen LogP contribution is -2.41. The van der Waals surface area contributed by atoms with Crippen molar-refractivity contribution in [3.63, 3.8) is 0 Å². The summed E-state index contributed by atoms with van der Waals surface area (Å²) in [5.41, 5.74) is 0. The lowest BCUT2D eigenvalue weighted by molar-refractivity contribution is 0.0714. The monoisotopic (exact) mass is 314 g/mol. The molecule has 0 atom stereocenters. The van der Waals surface area contributed by atoms with Crippen molar-refractivity contribution in [2.45, 2.75) is 85.2 Å². The molecule has 0 aromatic heterocycles. The molecule has 0 rings (SSSR count). The highest BCUT2D eigenvalue weighted by atomic mass is 16.3. The molecule has 0 spiro atoms. The van der Waals surface area contributed by atoms with E-state index >= 15 is 0 Å². The second kappa shape index (κ2) is 15.8. The van der Waals surface area contributed by atoms with Gasteiger partial charge in [-0.25, -0.2) is 0 Å². The van der Waals surface area contributed by atoms with E-state index in [9.17, 15) is 5.11 Å².